The summed E-state index contributed by atoms with van der Waals surface area (Å²) in [5.74, 6) is 2.35. The Morgan fingerprint density at radius 3 is 2.61 bits per heavy atom. The number of hydrogen-bond donors (Lipinski definition) is 0. The van der Waals surface area contributed by atoms with E-state index in [1.165, 1.54) is 43.9 Å². The molecule has 2 atom stereocenters. The molecule has 1 saturated heterocycles. The maximum atomic E-state index is 13.9. The van der Waals surface area contributed by atoms with Crippen LogP contribution >= 0.6 is 0 Å². The number of carbonyl (C=O) groups excluding carboxylic acids is 1. The van der Waals surface area contributed by atoms with Gasteiger partial charge in [-0.1, -0.05) is 6.92 Å². The first-order chi connectivity index (χ1) is 15.0. The Bertz CT molecular complexity index is 897. The Balaban J connectivity index is 1.17. The van der Waals surface area contributed by atoms with Crippen LogP contribution in [0.3, 0.4) is 0 Å². The van der Waals surface area contributed by atoms with Crippen LogP contribution in [0.25, 0.3) is 0 Å². The van der Waals surface area contributed by atoms with Crippen LogP contribution in [0.1, 0.15) is 45.1 Å². The van der Waals surface area contributed by atoms with Crippen LogP contribution in [-0.4, -0.2) is 35.6 Å². The van der Waals surface area contributed by atoms with Crippen LogP contribution in [0.15, 0.2) is 30.6 Å². The molecule has 6 nitrogen and oxygen atoms in total. The van der Waals surface area contributed by atoms with E-state index in [2.05, 4.69) is 21.8 Å². The summed E-state index contributed by atoms with van der Waals surface area (Å²) in [6, 6.07) is 4.34. The smallest absolute Gasteiger partial charge is 0.308 e. The molecular weight excluding hydrogens is 397 g/mol. The highest BCUT2D eigenvalue weighted by molar-refractivity contribution is 5.69. The Morgan fingerprint density at radius 2 is 1.97 bits per heavy atom. The zero-order valence-electron chi connectivity index (χ0n) is 18.2. The molecule has 1 aliphatic carbocycles. The Morgan fingerprint density at radius 1 is 1.23 bits per heavy atom. The minimum absolute atomic E-state index is 0.0693. The number of aryl methyl sites for hydroxylation is 1. The molecule has 0 amide bonds. The second kappa shape index (κ2) is 9.62. The first-order valence-corrected chi connectivity index (χ1v) is 11.2. The first kappa shape index (κ1) is 21.5. The van der Waals surface area contributed by atoms with E-state index in [0.717, 1.165) is 43.7 Å². The summed E-state index contributed by atoms with van der Waals surface area (Å²) in [5, 5.41) is 0. The van der Waals surface area contributed by atoms with Gasteiger partial charge in [0.2, 0.25) is 5.95 Å². The molecule has 2 heterocycles. The van der Waals surface area contributed by atoms with Gasteiger partial charge in [0.25, 0.3) is 0 Å². The monoisotopic (exact) mass is 427 g/mol. The molecule has 2 aliphatic rings. The van der Waals surface area contributed by atoms with Gasteiger partial charge in [-0.25, -0.2) is 14.4 Å². The molecule has 1 aliphatic heterocycles. The van der Waals surface area contributed by atoms with Crippen LogP contribution in [-0.2, 0) is 11.2 Å². The van der Waals surface area contributed by atoms with Gasteiger partial charge >= 0.3 is 5.97 Å². The zero-order valence-corrected chi connectivity index (χ0v) is 18.2. The van der Waals surface area contributed by atoms with E-state index in [9.17, 15) is 9.18 Å². The molecule has 1 aromatic carbocycles. The summed E-state index contributed by atoms with van der Waals surface area (Å²) < 4.78 is 24.5. The molecule has 0 bridgehead atoms. The predicted molar refractivity (Wildman–Crippen MR) is 116 cm³/mol. The largest absolute Gasteiger partial charge is 0.493 e. The van der Waals surface area contributed by atoms with Crippen LogP contribution in [0.2, 0.25) is 0 Å². The number of ether oxygens (including phenoxy) is 2. The summed E-state index contributed by atoms with van der Waals surface area (Å²) in [5.41, 5.74) is 1.17. The number of carbonyl (C=O) groups is 1. The number of aromatic nitrogens is 2. The molecule has 4 rings (SSSR count). The van der Waals surface area contributed by atoms with E-state index in [1.54, 1.807) is 6.07 Å². The molecule has 0 spiro atoms. The predicted octanol–water partition coefficient (Wildman–Crippen LogP) is 4.43. The summed E-state index contributed by atoms with van der Waals surface area (Å²) in [4.78, 5) is 22.3. The summed E-state index contributed by atoms with van der Waals surface area (Å²) in [6.07, 6.45) is 9.44. The van der Waals surface area contributed by atoms with Gasteiger partial charge in [0, 0.05) is 38.5 Å². The third-order valence-electron chi connectivity index (χ3n) is 6.42. The fraction of sp³-hybridized carbons (Fsp3) is 0.542. The highest BCUT2D eigenvalue weighted by Gasteiger charge is 2.43. The number of benzene rings is 1. The molecule has 0 radical (unpaired) electrons. The van der Waals surface area contributed by atoms with Crippen molar-refractivity contribution in [3.05, 3.63) is 42.0 Å². The number of anilines is 1. The quantitative estimate of drug-likeness (QED) is 0.459. The van der Waals surface area contributed by atoms with E-state index < -0.39 is 11.8 Å². The average Bonchev–Trinajstić information content (AvgIpc) is 3.55. The molecule has 0 N–H and O–H groups in total. The van der Waals surface area contributed by atoms with Crippen LogP contribution < -0.4 is 14.4 Å². The van der Waals surface area contributed by atoms with Crippen LogP contribution in [0.4, 0.5) is 10.3 Å². The third kappa shape index (κ3) is 5.51. The van der Waals surface area contributed by atoms with E-state index in [-0.39, 0.29) is 5.75 Å². The number of rotatable bonds is 8. The van der Waals surface area contributed by atoms with Crippen molar-refractivity contribution in [3.63, 3.8) is 0 Å². The van der Waals surface area contributed by atoms with Crippen molar-refractivity contribution in [3.8, 4) is 11.5 Å². The van der Waals surface area contributed by atoms with Crippen molar-refractivity contribution in [1.29, 1.82) is 0 Å². The minimum Gasteiger partial charge on any atom is -0.493 e. The highest BCUT2D eigenvalue weighted by atomic mass is 19.1. The van der Waals surface area contributed by atoms with Gasteiger partial charge in [-0.2, -0.15) is 0 Å². The molecule has 166 valence electrons. The first-order valence-electron chi connectivity index (χ1n) is 11.2. The lowest BCUT2D eigenvalue weighted by Crippen LogP contribution is -2.35. The summed E-state index contributed by atoms with van der Waals surface area (Å²) >= 11 is 0. The molecule has 2 aromatic rings. The van der Waals surface area contributed by atoms with Crippen LogP contribution in [0.5, 0.6) is 11.5 Å². The minimum atomic E-state index is -0.586. The molecule has 0 unspecified atom stereocenters. The van der Waals surface area contributed by atoms with E-state index in [4.69, 9.17) is 9.47 Å². The molecule has 2 fully saturated rings. The van der Waals surface area contributed by atoms with Crippen molar-refractivity contribution in [1.82, 2.24) is 9.97 Å². The molecular formula is C24H30FN3O3. The van der Waals surface area contributed by atoms with Gasteiger partial charge in [-0.15, -0.1) is 0 Å². The SMILES string of the molecule is CCc1cnc(N2CCC([C@H]3C[C@H]3CCOc3ccc(OC(C)=O)c(F)c3)CC2)nc1. The van der Waals surface area contributed by atoms with Gasteiger partial charge in [0.1, 0.15) is 5.75 Å². The lowest BCUT2D eigenvalue weighted by atomic mass is 9.90. The maximum absolute atomic E-state index is 13.9. The van der Waals surface area contributed by atoms with Crippen LogP contribution in [0, 0.1) is 23.6 Å². The lowest BCUT2D eigenvalue weighted by molar-refractivity contribution is -0.132. The molecule has 31 heavy (non-hydrogen) atoms. The molecule has 1 aromatic heterocycles. The number of piperidine rings is 1. The number of esters is 1. The number of nitrogens with zero attached hydrogens (tertiary/aromatic N) is 3. The normalized spacial score (nSPS) is 21.1. The lowest BCUT2D eigenvalue weighted by Gasteiger charge is -2.32. The Labute approximate surface area is 182 Å². The topological polar surface area (TPSA) is 64.6 Å². The third-order valence-corrected chi connectivity index (χ3v) is 6.42. The average molecular weight is 428 g/mol. The summed E-state index contributed by atoms with van der Waals surface area (Å²) in [6.45, 7) is 5.97. The van der Waals surface area contributed by atoms with E-state index >= 15 is 0 Å². The van der Waals surface area contributed by atoms with Gasteiger partial charge in [-0.3, -0.25) is 4.79 Å². The van der Waals surface area contributed by atoms with Crippen molar-refractivity contribution < 1.29 is 18.7 Å². The van der Waals surface area contributed by atoms with Gasteiger partial charge < -0.3 is 14.4 Å². The van der Waals surface area contributed by atoms with Gasteiger partial charge in [0.05, 0.1) is 6.61 Å². The highest BCUT2D eigenvalue weighted by Crippen LogP contribution is 2.49. The summed E-state index contributed by atoms with van der Waals surface area (Å²) in [7, 11) is 0. The number of hydrogen-bond acceptors (Lipinski definition) is 6. The standard InChI is InChI=1S/C24H30FN3O3/c1-3-17-14-26-24(27-15-17)28-9-6-18(7-10-28)21-12-19(21)8-11-30-20-4-5-23(22(25)13-20)31-16(2)29/h4-5,13-15,18-19,21H,3,6-12H2,1-2H3/t19-,21-/m1/s1. The Kier molecular flexibility index (Phi) is 6.68. The van der Waals surface area contributed by atoms with Crippen molar-refractivity contribution in [2.45, 2.75) is 46.0 Å². The Hall–Kier alpha value is -2.70. The maximum Gasteiger partial charge on any atom is 0.308 e. The van der Waals surface area contributed by atoms with Gasteiger partial charge in [0.15, 0.2) is 11.6 Å². The zero-order chi connectivity index (χ0) is 21.8. The molecule has 7 heteroatoms. The fourth-order valence-corrected chi connectivity index (χ4v) is 4.54. The van der Waals surface area contributed by atoms with Gasteiger partial charge in [-0.05, 0) is 67.6 Å². The van der Waals surface area contributed by atoms with Crippen molar-refractivity contribution in [2.75, 3.05) is 24.6 Å². The second-order valence-electron chi connectivity index (χ2n) is 8.55. The van der Waals surface area contributed by atoms with Crippen molar-refractivity contribution >= 4 is 11.9 Å². The van der Waals surface area contributed by atoms with E-state index in [0.29, 0.717) is 18.3 Å². The fourth-order valence-electron chi connectivity index (χ4n) is 4.54. The van der Waals surface area contributed by atoms with E-state index in [1.807, 2.05) is 12.4 Å². The second-order valence-corrected chi connectivity index (χ2v) is 8.55. The van der Waals surface area contributed by atoms with Crippen molar-refractivity contribution in [2.24, 2.45) is 17.8 Å². The number of halogens is 1. The molecule has 1 saturated carbocycles.